The van der Waals surface area contributed by atoms with Crippen molar-refractivity contribution in [2.45, 2.75) is 104 Å². The van der Waals surface area contributed by atoms with E-state index in [4.69, 9.17) is 0 Å². The predicted octanol–water partition coefficient (Wildman–Crippen LogP) is 5.69. The Morgan fingerprint density at radius 2 is 1.13 bits per heavy atom. The van der Waals surface area contributed by atoms with Crippen LogP contribution in [0.4, 0.5) is 0 Å². The Bertz CT molecular complexity index is 929. The summed E-state index contributed by atoms with van der Waals surface area (Å²) in [6, 6.07) is 4.12. The van der Waals surface area contributed by atoms with Crippen molar-refractivity contribution in [1.29, 1.82) is 0 Å². The topological polar surface area (TPSA) is 65.7 Å². The summed E-state index contributed by atoms with van der Waals surface area (Å²) < 4.78 is 0. The Morgan fingerprint density at radius 1 is 0.700 bits per heavy atom. The zero-order valence-corrected chi connectivity index (χ0v) is 20.5. The summed E-state index contributed by atoms with van der Waals surface area (Å²) in [5.41, 5.74) is 4.51. The smallest absolute Gasteiger partial charge is 0.251 e. The highest BCUT2D eigenvalue weighted by Crippen LogP contribution is 2.47. The molecule has 2 heterocycles. The molecule has 2 aromatic heterocycles. The Balaban J connectivity index is 0.000000214. The van der Waals surface area contributed by atoms with Gasteiger partial charge in [0.05, 0.1) is 0 Å². The summed E-state index contributed by atoms with van der Waals surface area (Å²) in [4.78, 5) is 29.1. The molecule has 3 rings (SSSR count). The van der Waals surface area contributed by atoms with E-state index in [2.05, 4.69) is 85.3 Å². The molecule has 30 heavy (non-hydrogen) atoms. The summed E-state index contributed by atoms with van der Waals surface area (Å²) in [7, 11) is 0. The van der Waals surface area contributed by atoms with Crippen molar-refractivity contribution in [3.63, 3.8) is 0 Å². The van der Waals surface area contributed by atoms with Gasteiger partial charge in [0.1, 0.15) is 0 Å². The van der Waals surface area contributed by atoms with E-state index in [1.807, 2.05) is 18.5 Å². The summed E-state index contributed by atoms with van der Waals surface area (Å²) in [5.74, 6) is 0. The molecule has 0 aliphatic heterocycles. The van der Waals surface area contributed by atoms with Gasteiger partial charge in [-0.15, -0.1) is 0 Å². The van der Waals surface area contributed by atoms with Crippen LogP contribution in [0.15, 0.2) is 34.1 Å². The molecule has 2 N–H and O–H groups in total. The number of nitrogens with one attached hydrogen (secondary N) is 2. The zero-order chi connectivity index (χ0) is 23.1. The van der Waals surface area contributed by atoms with Crippen LogP contribution in [0.25, 0.3) is 0 Å². The molecule has 0 atom stereocenters. The van der Waals surface area contributed by atoms with E-state index in [0.29, 0.717) is 5.41 Å². The lowest BCUT2D eigenvalue weighted by Gasteiger charge is -2.23. The van der Waals surface area contributed by atoms with Gasteiger partial charge in [-0.1, -0.05) is 69.2 Å². The highest BCUT2D eigenvalue weighted by molar-refractivity contribution is 5.33. The van der Waals surface area contributed by atoms with Gasteiger partial charge in [0.25, 0.3) is 11.1 Å². The second-order valence-electron chi connectivity index (χ2n) is 12.1. The fraction of sp³-hybridized carbons (Fsp3) is 0.615. The van der Waals surface area contributed by atoms with E-state index >= 15 is 0 Å². The van der Waals surface area contributed by atoms with Crippen molar-refractivity contribution in [1.82, 2.24) is 9.97 Å². The normalized spacial score (nSPS) is 15.9. The standard InChI is InChI=1S/C13H19NO.C13H21NO/c1-12(2,3)10-7-9(8-14-11(10)15)13(4)5-6-13;1-12(2,3)9-7-10(13(4,5)6)11(15)14-8-9/h7-8H,5-6H2,1-4H3,(H,14,15);7-8H,1-6H3,(H,14,15). The quantitative estimate of drug-likeness (QED) is 0.631. The van der Waals surface area contributed by atoms with Gasteiger partial charge in [-0.05, 0) is 57.8 Å². The zero-order valence-electron chi connectivity index (χ0n) is 20.5. The largest absolute Gasteiger partial charge is 0.329 e. The average Bonchev–Trinajstić information content (AvgIpc) is 3.31. The van der Waals surface area contributed by atoms with E-state index in [1.165, 1.54) is 24.0 Å². The van der Waals surface area contributed by atoms with E-state index < -0.39 is 0 Å². The molecule has 0 amide bonds. The van der Waals surface area contributed by atoms with Gasteiger partial charge >= 0.3 is 0 Å². The van der Waals surface area contributed by atoms with Gasteiger partial charge in [0, 0.05) is 23.5 Å². The Labute approximate surface area is 181 Å². The van der Waals surface area contributed by atoms with E-state index in [1.54, 1.807) is 0 Å². The van der Waals surface area contributed by atoms with Crippen LogP contribution >= 0.6 is 0 Å². The Morgan fingerprint density at radius 3 is 1.53 bits per heavy atom. The molecule has 0 radical (unpaired) electrons. The van der Waals surface area contributed by atoms with Crippen LogP contribution in [0.1, 0.15) is 104 Å². The van der Waals surface area contributed by atoms with Gasteiger partial charge in [-0.3, -0.25) is 9.59 Å². The summed E-state index contributed by atoms with van der Waals surface area (Å²) in [6.45, 7) is 21.1. The van der Waals surface area contributed by atoms with Crippen LogP contribution in [0.2, 0.25) is 0 Å². The minimum Gasteiger partial charge on any atom is -0.329 e. The lowest BCUT2D eigenvalue weighted by molar-refractivity contribution is 0.559. The minimum absolute atomic E-state index is 0.0236. The minimum atomic E-state index is -0.102. The molecule has 0 aromatic carbocycles. The number of aromatic amines is 2. The highest BCUT2D eigenvalue weighted by Gasteiger charge is 2.39. The fourth-order valence-electron chi connectivity index (χ4n) is 3.34. The van der Waals surface area contributed by atoms with Gasteiger partial charge < -0.3 is 9.97 Å². The van der Waals surface area contributed by atoms with Gasteiger partial charge in [0.15, 0.2) is 0 Å². The summed E-state index contributed by atoms with van der Waals surface area (Å²) >= 11 is 0. The van der Waals surface area contributed by atoms with Crippen LogP contribution < -0.4 is 11.1 Å². The second-order valence-corrected chi connectivity index (χ2v) is 12.1. The number of H-pyrrole nitrogens is 2. The molecule has 166 valence electrons. The molecule has 4 heteroatoms. The number of hydrogen-bond acceptors (Lipinski definition) is 2. The summed E-state index contributed by atoms with van der Waals surface area (Å²) in [5, 5.41) is 0. The highest BCUT2D eigenvalue weighted by atomic mass is 16.1. The molecule has 0 unspecified atom stereocenters. The van der Waals surface area contributed by atoms with Crippen LogP contribution in [0.3, 0.4) is 0 Å². The van der Waals surface area contributed by atoms with Crippen molar-refractivity contribution in [2.24, 2.45) is 0 Å². The third-order valence-electron chi connectivity index (χ3n) is 5.99. The average molecular weight is 413 g/mol. The van der Waals surface area contributed by atoms with E-state index in [-0.39, 0.29) is 27.4 Å². The SMILES string of the molecule is CC(C)(C)c1c[nH]c(=O)c(C(C)(C)C)c1.CC(C)(C)c1cc(C2(C)CC2)c[nH]c1=O. The lowest BCUT2D eigenvalue weighted by atomic mass is 9.82. The molecule has 4 nitrogen and oxygen atoms in total. The van der Waals surface area contributed by atoms with Crippen molar-refractivity contribution >= 4 is 0 Å². The molecular weight excluding hydrogens is 372 g/mol. The van der Waals surface area contributed by atoms with Crippen LogP contribution in [-0.2, 0) is 21.7 Å². The number of pyridine rings is 2. The van der Waals surface area contributed by atoms with Crippen molar-refractivity contribution in [2.75, 3.05) is 0 Å². The third-order valence-corrected chi connectivity index (χ3v) is 5.99. The van der Waals surface area contributed by atoms with E-state index in [0.717, 1.165) is 11.1 Å². The molecule has 1 aliphatic rings. The molecular formula is C26H40N2O2. The maximum Gasteiger partial charge on any atom is 0.251 e. The Kier molecular flexibility index (Phi) is 6.34. The van der Waals surface area contributed by atoms with E-state index in [9.17, 15) is 9.59 Å². The maximum atomic E-state index is 11.7. The molecule has 0 bridgehead atoms. The molecule has 0 saturated heterocycles. The fourth-order valence-corrected chi connectivity index (χ4v) is 3.34. The number of hydrogen-bond donors (Lipinski definition) is 2. The molecule has 0 spiro atoms. The first-order valence-electron chi connectivity index (χ1n) is 10.9. The van der Waals surface area contributed by atoms with Crippen molar-refractivity contribution < 1.29 is 0 Å². The first-order valence-corrected chi connectivity index (χ1v) is 10.9. The first kappa shape index (κ1) is 24.2. The third kappa shape index (κ3) is 5.74. The van der Waals surface area contributed by atoms with Gasteiger partial charge in [-0.2, -0.15) is 0 Å². The number of rotatable bonds is 1. The first-order chi connectivity index (χ1) is 13.4. The molecule has 1 aliphatic carbocycles. The lowest BCUT2D eigenvalue weighted by Crippen LogP contribution is -2.26. The van der Waals surface area contributed by atoms with Crippen LogP contribution in [-0.4, -0.2) is 9.97 Å². The van der Waals surface area contributed by atoms with Crippen molar-refractivity contribution in [3.8, 4) is 0 Å². The maximum absolute atomic E-state index is 11.7. The number of aromatic nitrogens is 2. The molecule has 1 saturated carbocycles. The van der Waals surface area contributed by atoms with Gasteiger partial charge in [0.2, 0.25) is 0 Å². The Hall–Kier alpha value is -2.10. The second kappa shape index (κ2) is 7.86. The molecule has 1 fully saturated rings. The van der Waals surface area contributed by atoms with Crippen LogP contribution in [0, 0.1) is 0 Å². The van der Waals surface area contributed by atoms with Crippen molar-refractivity contribution in [3.05, 3.63) is 67.5 Å². The van der Waals surface area contributed by atoms with Gasteiger partial charge in [-0.25, -0.2) is 0 Å². The molecule has 2 aromatic rings. The van der Waals surface area contributed by atoms with Crippen LogP contribution in [0.5, 0.6) is 0 Å². The predicted molar refractivity (Wildman–Crippen MR) is 127 cm³/mol. The monoisotopic (exact) mass is 412 g/mol. The summed E-state index contributed by atoms with van der Waals surface area (Å²) in [6.07, 6.45) is 6.17.